The molecule has 1 aromatic heterocycles. The van der Waals surface area contributed by atoms with E-state index in [1.165, 1.54) is 11.8 Å². The highest BCUT2D eigenvalue weighted by atomic mass is 79.9. The molecule has 0 saturated carbocycles. The minimum absolute atomic E-state index is 0.109. The van der Waals surface area contributed by atoms with E-state index in [4.69, 9.17) is 11.6 Å². The lowest BCUT2D eigenvalue weighted by atomic mass is 10.3. The third kappa shape index (κ3) is 4.82. The van der Waals surface area contributed by atoms with Gasteiger partial charge in [0.1, 0.15) is 5.15 Å². The number of rotatable bonds is 3. The van der Waals surface area contributed by atoms with Crippen molar-refractivity contribution in [3.8, 4) is 0 Å². The first kappa shape index (κ1) is 12.7. The molecule has 0 spiro atoms. The van der Waals surface area contributed by atoms with E-state index < -0.39 is 0 Å². The van der Waals surface area contributed by atoms with E-state index in [-0.39, 0.29) is 5.12 Å². The van der Waals surface area contributed by atoms with Crippen molar-refractivity contribution < 1.29 is 4.79 Å². The standard InChI is InChI=1S/C10H9BrClNOS/c1-7(14)15-4-2-3-8-5-9(11)6-13-10(8)12/h2-3,5-6H,4H2,1H3. The molecule has 0 N–H and O–H groups in total. The Morgan fingerprint density at radius 2 is 2.47 bits per heavy atom. The summed E-state index contributed by atoms with van der Waals surface area (Å²) in [7, 11) is 0. The second kappa shape index (κ2) is 6.30. The van der Waals surface area contributed by atoms with Gasteiger partial charge in [-0.3, -0.25) is 4.79 Å². The molecule has 1 heterocycles. The number of thioether (sulfide) groups is 1. The van der Waals surface area contributed by atoms with Crippen LogP contribution in [0.15, 0.2) is 22.8 Å². The van der Waals surface area contributed by atoms with Crippen molar-refractivity contribution in [2.24, 2.45) is 0 Å². The van der Waals surface area contributed by atoms with Crippen LogP contribution in [-0.4, -0.2) is 15.9 Å². The molecular weight excluding hydrogens is 298 g/mol. The van der Waals surface area contributed by atoms with Gasteiger partial charge in [0.2, 0.25) is 0 Å². The van der Waals surface area contributed by atoms with E-state index in [2.05, 4.69) is 20.9 Å². The molecule has 0 radical (unpaired) electrons. The molecule has 1 aromatic rings. The number of aromatic nitrogens is 1. The number of hydrogen-bond acceptors (Lipinski definition) is 3. The van der Waals surface area contributed by atoms with Crippen LogP contribution in [0.4, 0.5) is 0 Å². The van der Waals surface area contributed by atoms with Crippen LogP contribution in [0.2, 0.25) is 5.15 Å². The Kier molecular flexibility index (Phi) is 5.36. The van der Waals surface area contributed by atoms with Gasteiger partial charge in [-0.2, -0.15) is 0 Å². The van der Waals surface area contributed by atoms with Gasteiger partial charge < -0.3 is 0 Å². The van der Waals surface area contributed by atoms with Crippen LogP contribution in [0, 0.1) is 0 Å². The molecular formula is C10H9BrClNOS. The molecule has 0 unspecified atom stereocenters. The topological polar surface area (TPSA) is 30.0 Å². The first-order valence-electron chi connectivity index (χ1n) is 4.20. The lowest BCUT2D eigenvalue weighted by Crippen LogP contribution is -1.83. The molecule has 0 amide bonds. The predicted octanol–water partition coefficient (Wildman–Crippen LogP) is 3.79. The van der Waals surface area contributed by atoms with E-state index in [1.807, 2.05) is 18.2 Å². The fourth-order valence-corrected chi connectivity index (χ4v) is 1.84. The Morgan fingerprint density at radius 3 is 3.13 bits per heavy atom. The normalized spacial score (nSPS) is 10.9. The number of halogens is 2. The molecule has 0 saturated heterocycles. The summed E-state index contributed by atoms with van der Waals surface area (Å²) in [6, 6.07) is 1.88. The number of carbonyl (C=O) groups is 1. The summed E-state index contributed by atoms with van der Waals surface area (Å²) in [4.78, 5) is 14.6. The zero-order valence-electron chi connectivity index (χ0n) is 8.04. The predicted molar refractivity (Wildman–Crippen MR) is 69.1 cm³/mol. The molecule has 0 fully saturated rings. The molecule has 1 rings (SSSR count). The maximum atomic E-state index is 10.7. The number of carbonyl (C=O) groups excluding carboxylic acids is 1. The summed E-state index contributed by atoms with van der Waals surface area (Å²) in [5.41, 5.74) is 0.843. The summed E-state index contributed by atoms with van der Waals surface area (Å²) >= 11 is 10.5. The fourth-order valence-electron chi connectivity index (χ4n) is 0.896. The van der Waals surface area contributed by atoms with Crippen LogP contribution < -0.4 is 0 Å². The maximum Gasteiger partial charge on any atom is 0.186 e. The van der Waals surface area contributed by atoms with Gasteiger partial charge in [0.15, 0.2) is 5.12 Å². The van der Waals surface area contributed by atoms with E-state index in [9.17, 15) is 4.79 Å². The highest BCUT2D eigenvalue weighted by Gasteiger charge is 1.98. The SMILES string of the molecule is CC(=O)SCC=Cc1cc(Br)cnc1Cl. The van der Waals surface area contributed by atoms with E-state index >= 15 is 0 Å². The van der Waals surface area contributed by atoms with Crippen LogP contribution in [0.25, 0.3) is 6.08 Å². The van der Waals surface area contributed by atoms with Gasteiger partial charge in [0, 0.05) is 28.9 Å². The monoisotopic (exact) mass is 305 g/mol. The van der Waals surface area contributed by atoms with Gasteiger partial charge >= 0.3 is 0 Å². The molecule has 2 nitrogen and oxygen atoms in total. The van der Waals surface area contributed by atoms with Gasteiger partial charge in [-0.1, -0.05) is 35.5 Å². The lowest BCUT2D eigenvalue weighted by Gasteiger charge is -1.97. The highest BCUT2D eigenvalue weighted by Crippen LogP contribution is 2.19. The molecule has 0 bridgehead atoms. The summed E-state index contributed by atoms with van der Waals surface area (Å²) in [6.07, 6.45) is 5.39. The highest BCUT2D eigenvalue weighted by molar-refractivity contribution is 9.10. The van der Waals surface area contributed by atoms with Crippen molar-refractivity contribution in [3.05, 3.63) is 33.5 Å². The number of pyridine rings is 1. The van der Waals surface area contributed by atoms with Crippen LogP contribution in [0.1, 0.15) is 12.5 Å². The van der Waals surface area contributed by atoms with Gasteiger partial charge in [-0.25, -0.2) is 4.98 Å². The van der Waals surface area contributed by atoms with Crippen molar-refractivity contribution in [2.75, 3.05) is 5.75 Å². The number of nitrogens with zero attached hydrogens (tertiary/aromatic N) is 1. The van der Waals surface area contributed by atoms with Crippen LogP contribution >= 0.6 is 39.3 Å². The molecule has 0 atom stereocenters. The van der Waals surface area contributed by atoms with Crippen molar-refractivity contribution in [1.29, 1.82) is 0 Å². The fraction of sp³-hybridized carbons (Fsp3) is 0.200. The van der Waals surface area contributed by atoms with Gasteiger partial charge in [-0.15, -0.1) is 0 Å². The van der Waals surface area contributed by atoms with Crippen molar-refractivity contribution in [3.63, 3.8) is 0 Å². The van der Waals surface area contributed by atoms with Crippen LogP contribution in [-0.2, 0) is 4.79 Å². The first-order valence-corrected chi connectivity index (χ1v) is 6.36. The molecule has 0 aliphatic carbocycles. The summed E-state index contributed by atoms with van der Waals surface area (Å²) in [6.45, 7) is 1.55. The van der Waals surface area contributed by atoms with Gasteiger partial charge in [0.25, 0.3) is 0 Å². The Bertz CT molecular complexity index is 395. The largest absolute Gasteiger partial charge is 0.288 e. The lowest BCUT2D eigenvalue weighted by molar-refractivity contribution is -0.109. The summed E-state index contributed by atoms with van der Waals surface area (Å²) in [5, 5.41) is 0.570. The number of hydrogen-bond donors (Lipinski definition) is 0. The first-order chi connectivity index (χ1) is 7.09. The zero-order chi connectivity index (χ0) is 11.3. The Labute approximate surface area is 106 Å². The quantitative estimate of drug-likeness (QED) is 0.796. The third-order valence-electron chi connectivity index (χ3n) is 1.51. The van der Waals surface area contributed by atoms with E-state index in [0.717, 1.165) is 10.0 Å². The average Bonchev–Trinajstić information content (AvgIpc) is 2.17. The van der Waals surface area contributed by atoms with Gasteiger partial charge in [0.05, 0.1) is 0 Å². The second-order valence-electron chi connectivity index (χ2n) is 2.74. The molecule has 0 aliphatic heterocycles. The Hall–Kier alpha value is -0.320. The Morgan fingerprint density at radius 1 is 1.73 bits per heavy atom. The smallest absolute Gasteiger partial charge is 0.186 e. The van der Waals surface area contributed by atoms with Crippen molar-refractivity contribution >= 4 is 50.5 Å². The molecule has 15 heavy (non-hydrogen) atoms. The maximum absolute atomic E-state index is 10.7. The molecule has 0 aliphatic rings. The second-order valence-corrected chi connectivity index (χ2v) is 5.21. The third-order valence-corrected chi connectivity index (χ3v) is 3.03. The van der Waals surface area contributed by atoms with E-state index in [1.54, 1.807) is 13.1 Å². The minimum atomic E-state index is 0.109. The summed E-state index contributed by atoms with van der Waals surface area (Å²) < 4.78 is 0.880. The van der Waals surface area contributed by atoms with Crippen molar-refractivity contribution in [1.82, 2.24) is 4.98 Å². The molecule has 0 aromatic carbocycles. The van der Waals surface area contributed by atoms with Crippen molar-refractivity contribution in [2.45, 2.75) is 6.92 Å². The summed E-state index contributed by atoms with van der Waals surface area (Å²) in [5.74, 6) is 0.651. The minimum Gasteiger partial charge on any atom is -0.288 e. The average molecular weight is 307 g/mol. The van der Waals surface area contributed by atoms with Gasteiger partial charge in [-0.05, 0) is 22.0 Å². The molecule has 5 heteroatoms. The zero-order valence-corrected chi connectivity index (χ0v) is 11.2. The van der Waals surface area contributed by atoms with Crippen LogP contribution in [0.5, 0.6) is 0 Å². The van der Waals surface area contributed by atoms with Crippen LogP contribution in [0.3, 0.4) is 0 Å². The molecule has 80 valence electrons. The van der Waals surface area contributed by atoms with E-state index in [0.29, 0.717) is 10.9 Å². The Balaban J connectivity index is 2.63.